The van der Waals surface area contributed by atoms with Crippen LogP contribution in [0.5, 0.6) is 0 Å². The molecule has 5 nitrogen and oxygen atoms in total. The van der Waals surface area contributed by atoms with Crippen LogP contribution < -0.4 is 4.72 Å². The largest absolute Gasteiger partial charge is 0.339 e. The van der Waals surface area contributed by atoms with E-state index < -0.39 is 10.0 Å². The minimum Gasteiger partial charge on any atom is -0.339 e. The highest BCUT2D eigenvalue weighted by Gasteiger charge is 2.26. The van der Waals surface area contributed by atoms with Crippen molar-refractivity contribution in [2.75, 3.05) is 13.1 Å². The van der Waals surface area contributed by atoms with Gasteiger partial charge in [0.2, 0.25) is 15.9 Å². The molecule has 1 aromatic carbocycles. The normalized spacial score (nSPS) is 16.3. The molecule has 1 aliphatic heterocycles. The van der Waals surface area contributed by atoms with Crippen LogP contribution in [0.25, 0.3) is 6.08 Å². The number of piperidine rings is 1. The van der Waals surface area contributed by atoms with Crippen LogP contribution in [-0.2, 0) is 14.8 Å². The van der Waals surface area contributed by atoms with Crippen molar-refractivity contribution < 1.29 is 13.2 Å². The highest BCUT2D eigenvalue weighted by molar-refractivity contribution is 7.89. The number of sulfonamides is 1. The van der Waals surface area contributed by atoms with Crippen molar-refractivity contribution in [2.24, 2.45) is 0 Å². The van der Waals surface area contributed by atoms with Crippen molar-refractivity contribution in [2.45, 2.75) is 23.8 Å². The number of nitrogens with zero attached hydrogens (tertiary/aromatic N) is 1. The molecule has 1 amide bonds. The first-order valence-electron chi connectivity index (χ1n) is 8.22. The summed E-state index contributed by atoms with van der Waals surface area (Å²) in [5.74, 6) is -0.0441. The molecular formula is C18H19ClN2O3S2. The third kappa shape index (κ3) is 4.94. The van der Waals surface area contributed by atoms with E-state index in [2.05, 4.69) is 4.72 Å². The first-order valence-corrected chi connectivity index (χ1v) is 11.0. The second-order valence-electron chi connectivity index (χ2n) is 6.02. The summed E-state index contributed by atoms with van der Waals surface area (Å²) in [5, 5.41) is 2.45. The molecule has 138 valence electrons. The summed E-state index contributed by atoms with van der Waals surface area (Å²) in [5.41, 5.74) is 0. The highest BCUT2D eigenvalue weighted by Crippen LogP contribution is 2.18. The van der Waals surface area contributed by atoms with Gasteiger partial charge in [0.15, 0.2) is 0 Å². The maximum atomic E-state index is 12.4. The number of amides is 1. The van der Waals surface area contributed by atoms with Crippen molar-refractivity contribution in [3.05, 3.63) is 57.8 Å². The maximum Gasteiger partial charge on any atom is 0.246 e. The molecule has 3 rings (SSSR count). The highest BCUT2D eigenvalue weighted by atomic mass is 35.5. The minimum absolute atomic E-state index is 0.0441. The zero-order chi connectivity index (χ0) is 18.6. The summed E-state index contributed by atoms with van der Waals surface area (Å²) in [6, 6.07) is 9.78. The van der Waals surface area contributed by atoms with E-state index in [9.17, 15) is 13.2 Å². The van der Waals surface area contributed by atoms with Gasteiger partial charge in [-0.05, 0) is 54.6 Å². The summed E-state index contributed by atoms with van der Waals surface area (Å²) in [6.45, 7) is 1.06. The lowest BCUT2D eigenvalue weighted by Gasteiger charge is -2.31. The van der Waals surface area contributed by atoms with Crippen LogP contribution in [0.4, 0.5) is 0 Å². The van der Waals surface area contributed by atoms with Crippen LogP contribution in [0.15, 0.2) is 52.7 Å². The quantitative estimate of drug-likeness (QED) is 0.768. The van der Waals surface area contributed by atoms with Crippen LogP contribution in [-0.4, -0.2) is 38.4 Å². The number of hydrogen-bond acceptors (Lipinski definition) is 4. The molecule has 0 aliphatic carbocycles. The van der Waals surface area contributed by atoms with E-state index >= 15 is 0 Å². The first kappa shape index (κ1) is 19.1. The summed E-state index contributed by atoms with van der Waals surface area (Å²) in [4.78, 5) is 15.2. The van der Waals surface area contributed by atoms with Crippen molar-refractivity contribution in [1.29, 1.82) is 0 Å². The molecule has 1 aliphatic rings. The number of rotatable bonds is 5. The predicted molar refractivity (Wildman–Crippen MR) is 105 cm³/mol. The van der Waals surface area contributed by atoms with Gasteiger partial charge in [0.1, 0.15) is 0 Å². The van der Waals surface area contributed by atoms with E-state index in [1.165, 1.54) is 12.1 Å². The molecular weight excluding hydrogens is 392 g/mol. The number of likely N-dealkylation sites (tertiary alicyclic amines) is 1. The van der Waals surface area contributed by atoms with Gasteiger partial charge in [0, 0.05) is 35.1 Å². The van der Waals surface area contributed by atoms with Gasteiger partial charge in [-0.2, -0.15) is 0 Å². The topological polar surface area (TPSA) is 66.5 Å². The van der Waals surface area contributed by atoms with Gasteiger partial charge in [0.05, 0.1) is 4.90 Å². The molecule has 1 fully saturated rings. The Morgan fingerprint density at radius 3 is 2.50 bits per heavy atom. The number of halogens is 1. The van der Waals surface area contributed by atoms with Gasteiger partial charge in [0.25, 0.3) is 0 Å². The Labute approximate surface area is 162 Å². The number of nitrogens with one attached hydrogen (secondary N) is 1. The Morgan fingerprint density at radius 1 is 1.19 bits per heavy atom. The second kappa shape index (κ2) is 8.35. The fraction of sp³-hybridized carbons (Fsp3) is 0.278. The average Bonchev–Trinajstić information content (AvgIpc) is 3.14. The average molecular weight is 411 g/mol. The molecule has 0 spiro atoms. The van der Waals surface area contributed by atoms with Gasteiger partial charge >= 0.3 is 0 Å². The fourth-order valence-corrected chi connectivity index (χ4v) is 4.81. The molecule has 1 N–H and O–H groups in total. The van der Waals surface area contributed by atoms with E-state index in [1.54, 1.807) is 34.4 Å². The lowest BCUT2D eigenvalue weighted by atomic mass is 10.1. The molecule has 8 heteroatoms. The van der Waals surface area contributed by atoms with Crippen LogP contribution in [0.2, 0.25) is 5.02 Å². The summed E-state index contributed by atoms with van der Waals surface area (Å²) >= 11 is 7.37. The third-order valence-corrected chi connectivity index (χ3v) is 6.81. The Bertz CT molecular complexity index is 870. The number of carbonyl (C=O) groups excluding carboxylic acids is 1. The van der Waals surface area contributed by atoms with Gasteiger partial charge in [-0.1, -0.05) is 17.7 Å². The zero-order valence-electron chi connectivity index (χ0n) is 14.0. The number of carbonyl (C=O) groups is 1. The van der Waals surface area contributed by atoms with Crippen LogP contribution in [0, 0.1) is 0 Å². The Morgan fingerprint density at radius 2 is 1.88 bits per heavy atom. The molecule has 1 aromatic heterocycles. The number of hydrogen-bond donors (Lipinski definition) is 1. The monoisotopic (exact) mass is 410 g/mol. The van der Waals surface area contributed by atoms with E-state index in [0.29, 0.717) is 31.0 Å². The fourth-order valence-electron chi connectivity index (χ4n) is 2.76. The molecule has 0 radical (unpaired) electrons. The molecule has 0 atom stereocenters. The molecule has 0 saturated carbocycles. The van der Waals surface area contributed by atoms with Gasteiger partial charge in [-0.25, -0.2) is 13.1 Å². The lowest BCUT2D eigenvalue weighted by molar-refractivity contribution is -0.126. The van der Waals surface area contributed by atoms with E-state index in [1.807, 2.05) is 23.6 Å². The Kier molecular flexibility index (Phi) is 6.13. The van der Waals surface area contributed by atoms with Crippen molar-refractivity contribution in [3.8, 4) is 0 Å². The van der Waals surface area contributed by atoms with Gasteiger partial charge in [-0.15, -0.1) is 11.3 Å². The zero-order valence-corrected chi connectivity index (χ0v) is 16.4. The van der Waals surface area contributed by atoms with Crippen LogP contribution in [0.1, 0.15) is 17.7 Å². The van der Waals surface area contributed by atoms with Crippen molar-refractivity contribution in [1.82, 2.24) is 9.62 Å². The predicted octanol–water partition coefficient (Wildman–Crippen LogP) is 3.38. The van der Waals surface area contributed by atoms with Gasteiger partial charge < -0.3 is 4.90 Å². The van der Waals surface area contributed by atoms with E-state index in [0.717, 1.165) is 4.88 Å². The Balaban J connectivity index is 1.53. The molecule has 1 saturated heterocycles. The smallest absolute Gasteiger partial charge is 0.246 e. The Hall–Kier alpha value is -1.67. The molecule has 0 unspecified atom stereocenters. The molecule has 26 heavy (non-hydrogen) atoms. The van der Waals surface area contributed by atoms with Crippen LogP contribution >= 0.6 is 22.9 Å². The number of benzene rings is 1. The summed E-state index contributed by atoms with van der Waals surface area (Å²) in [6.07, 6.45) is 4.56. The van der Waals surface area contributed by atoms with Crippen molar-refractivity contribution in [3.63, 3.8) is 0 Å². The van der Waals surface area contributed by atoms with Gasteiger partial charge in [-0.3, -0.25) is 4.79 Å². The van der Waals surface area contributed by atoms with E-state index in [4.69, 9.17) is 11.6 Å². The minimum atomic E-state index is -3.58. The third-order valence-electron chi connectivity index (χ3n) is 4.19. The van der Waals surface area contributed by atoms with E-state index in [-0.39, 0.29) is 16.8 Å². The lowest BCUT2D eigenvalue weighted by Crippen LogP contribution is -2.46. The van der Waals surface area contributed by atoms with Crippen molar-refractivity contribution >= 4 is 44.9 Å². The summed E-state index contributed by atoms with van der Waals surface area (Å²) in [7, 11) is -3.58. The van der Waals surface area contributed by atoms with Crippen LogP contribution in [0.3, 0.4) is 0 Å². The summed E-state index contributed by atoms with van der Waals surface area (Å²) < 4.78 is 27.6. The standard InChI is InChI=1S/C18H19ClN2O3S2/c19-14-3-6-17(7-4-14)26(23,24)20-15-9-11-21(12-10-15)18(22)8-5-16-2-1-13-25-16/h1-8,13,15,20H,9-12H2. The first-order chi connectivity index (χ1) is 12.4. The second-order valence-corrected chi connectivity index (χ2v) is 9.15. The number of thiophene rings is 1. The maximum absolute atomic E-state index is 12.4. The molecule has 2 heterocycles. The molecule has 2 aromatic rings. The SMILES string of the molecule is O=C(C=Cc1cccs1)N1CCC(NS(=O)(=O)c2ccc(Cl)cc2)CC1. The molecule has 0 bridgehead atoms.